The molecule has 9 rings (SSSR count). The molecule has 2 nitrogen and oxygen atoms in total. The standard InChI is InChI=1S/C57H52N2/c1-55(2,3)41-27-31-47(32-28-41)58(45-23-15-9-16-24-45)49-35-37-51-52-38-36-50(59(46-25-17-10-18-26-46)48-33-29-42(30-34-48)56(4,5)6)40-54(52)57(53(51)39-49,43-19-11-7-12-20-43)44-21-13-8-14-22-44/h7-40H,1-6H3. The molecule has 1 aliphatic rings. The number of nitrogens with zero attached hydrogens (tertiary/aromatic N) is 2. The summed E-state index contributed by atoms with van der Waals surface area (Å²) in [5, 5.41) is 0. The van der Waals surface area contributed by atoms with E-state index in [0.29, 0.717) is 0 Å². The summed E-state index contributed by atoms with van der Waals surface area (Å²) in [5.41, 5.74) is 16.4. The largest absolute Gasteiger partial charge is 0.310 e. The molecule has 0 bridgehead atoms. The van der Waals surface area contributed by atoms with E-state index in [9.17, 15) is 0 Å². The van der Waals surface area contributed by atoms with E-state index in [1.807, 2.05) is 0 Å². The molecule has 1 aliphatic carbocycles. The Morgan fingerprint density at radius 1 is 0.305 bits per heavy atom. The molecule has 0 radical (unpaired) electrons. The second-order valence-corrected chi connectivity index (χ2v) is 17.9. The molecule has 0 spiro atoms. The van der Waals surface area contributed by atoms with Gasteiger partial charge < -0.3 is 9.80 Å². The van der Waals surface area contributed by atoms with Gasteiger partial charge in [0.15, 0.2) is 0 Å². The van der Waals surface area contributed by atoms with E-state index in [-0.39, 0.29) is 10.8 Å². The molecule has 8 aromatic carbocycles. The number of hydrogen-bond acceptors (Lipinski definition) is 2. The van der Waals surface area contributed by atoms with Crippen LogP contribution in [0.3, 0.4) is 0 Å². The van der Waals surface area contributed by atoms with Crippen molar-refractivity contribution < 1.29 is 0 Å². The zero-order chi connectivity index (χ0) is 40.8. The molecule has 0 amide bonds. The molecule has 0 saturated heterocycles. The zero-order valence-electron chi connectivity index (χ0n) is 35.0. The second kappa shape index (κ2) is 14.9. The lowest BCUT2D eigenvalue weighted by Gasteiger charge is -2.35. The lowest BCUT2D eigenvalue weighted by molar-refractivity contribution is 0.590. The molecule has 59 heavy (non-hydrogen) atoms. The van der Waals surface area contributed by atoms with Crippen molar-refractivity contribution in [3.05, 3.63) is 240 Å². The fourth-order valence-electron chi connectivity index (χ4n) is 9.01. The highest BCUT2D eigenvalue weighted by atomic mass is 15.1. The topological polar surface area (TPSA) is 6.48 Å². The predicted molar refractivity (Wildman–Crippen MR) is 251 cm³/mol. The van der Waals surface area contributed by atoms with Crippen LogP contribution < -0.4 is 9.80 Å². The van der Waals surface area contributed by atoms with Crippen molar-refractivity contribution in [1.29, 1.82) is 0 Å². The van der Waals surface area contributed by atoms with Crippen molar-refractivity contribution in [2.75, 3.05) is 9.80 Å². The van der Waals surface area contributed by atoms with E-state index in [0.717, 1.165) is 34.1 Å². The summed E-state index contributed by atoms with van der Waals surface area (Å²) in [6, 6.07) is 76.2. The Bertz CT molecular complexity index is 2500. The van der Waals surface area contributed by atoms with Crippen LogP contribution in [0.1, 0.15) is 74.9 Å². The minimum atomic E-state index is -0.601. The number of para-hydroxylation sites is 2. The van der Waals surface area contributed by atoms with E-state index >= 15 is 0 Å². The Balaban J connectivity index is 1.29. The van der Waals surface area contributed by atoms with Gasteiger partial charge in [0.25, 0.3) is 0 Å². The summed E-state index contributed by atoms with van der Waals surface area (Å²) < 4.78 is 0. The summed E-state index contributed by atoms with van der Waals surface area (Å²) in [5.74, 6) is 0. The molecule has 290 valence electrons. The van der Waals surface area contributed by atoms with Gasteiger partial charge in [-0.1, -0.05) is 175 Å². The summed E-state index contributed by atoms with van der Waals surface area (Å²) in [6.45, 7) is 13.6. The Morgan fingerprint density at radius 3 is 0.915 bits per heavy atom. The summed E-state index contributed by atoms with van der Waals surface area (Å²) >= 11 is 0. The molecular formula is C57H52N2. The molecular weight excluding hydrogens is 713 g/mol. The normalized spacial score (nSPS) is 13.1. The molecule has 0 aliphatic heterocycles. The molecule has 0 aromatic heterocycles. The van der Waals surface area contributed by atoms with E-state index < -0.39 is 5.41 Å². The predicted octanol–water partition coefficient (Wildman–Crippen LogP) is 15.6. The monoisotopic (exact) mass is 764 g/mol. The smallest absolute Gasteiger partial charge is 0.0715 e. The minimum absolute atomic E-state index is 0.0608. The van der Waals surface area contributed by atoms with Crippen LogP contribution in [0.15, 0.2) is 206 Å². The Hall–Kier alpha value is -6.64. The Morgan fingerprint density at radius 2 is 0.593 bits per heavy atom. The molecule has 2 heteroatoms. The molecule has 0 unspecified atom stereocenters. The average Bonchev–Trinajstić information content (AvgIpc) is 3.55. The quantitative estimate of drug-likeness (QED) is 0.152. The SMILES string of the molecule is CC(C)(C)c1ccc(N(c2ccccc2)c2ccc3c(c2)C(c2ccccc2)(c2ccccc2)c2cc(N(c4ccccc4)c4ccc(C(C)(C)C)cc4)ccc2-3)cc1. The van der Waals surface area contributed by atoms with Gasteiger partial charge in [0.2, 0.25) is 0 Å². The van der Waals surface area contributed by atoms with Crippen LogP contribution in [0.4, 0.5) is 34.1 Å². The first-order chi connectivity index (χ1) is 28.5. The fraction of sp³-hybridized carbons (Fsp3) is 0.158. The van der Waals surface area contributed by atoms with E-state index in [2.05, 4.69) is 258 Å². The van der Waals surface area contributed by atoms with Gasteiger partial charge >= 0.3 is 0 Å². The third-order valence-electron chi connectivity index (χ3n) is 12.0. The second-order valence-electron chi connectivity index (χ2n) is 17.9. The van der Waals surface area contributed by atoms with Gasteiger partial charge in [-0.25, -0.2) is 0 Å². The first-order valence-corrected chi connectivity index (χ1v) is 20.9. The summed E-state index contributed by atoms with van der Waals surface area (Å²) in [7, 11) is 0. The van der Waals surface area contributed by atoms with Crippen LogP contribution in [-0.4, -0.2) is 0 Å². The Labute approximate surface area is 351 Å². The fourth-order valence-corrected chi connectivity index (χ4v) is 9.01. The van der Waals surface area contributed by atoms with Gasteiger partial charge in [0, 0.05) is 34.1 Å². The van der Waals surface area contributed by atoms with Crippen LogP contribution in [0.25, 0.3) is 11.1 Å². The van der Waals surface area contributed by atoms with Gasteiger partial charge in [0.1, 0.15) is 0 Å². The van der Waals surface area contributed by atoms with Crippen LogP contribution >= 0.6 is 0 Å². The van der Waals surface area contributed by atoms with Crippen LogP contribution in [0, 0.1) is 0 Å². The number of hydrogen-bond donors (Lipinski definition) is 0. The third-order valence-corrected chi connectivity index (χ3v) is 12.0. The average molecular weight is 765 g/mol. The molecule has 0 fully saturated rings. The molecule has 8 aromatic rings. The van der Waals surface area contributed by atoms with E-state index in [1.54, 1.807) is 0 Å². The molecule has 0 N–H and O–H groups in total. The summed E-state index contributed by atoms with van der Waals surface area (Å²) in [6.07, 6.45) is 0. The highest BCUT2D eigenvalue weighted by Crippen LogP contribution is 2.58. The van der Waals surface area contributed by atoms with E-state index in [4.69, 9.17) is 0 Å². The minimum Gasteiger partial charge on any atom is -0.310 e. The maximum atomic E-state index is 2.46. The number of rotatable bonds is 8. The highest BCUT2D eigenvalue weighted by molar-refractivity contribution is 5.92. The van der Waals surface area contributed by atoms with Crippen molar-refractivity contribution in [3.8, 4) is 11.1 Å². The van der Waals surface area contributed by atoms with Gasteiger partial charge in [-0.05, 0) is 128 Å². The molecule has 0 atom stereocenters. The van der Waals surface area contributed by atoms with Crippen LogP contribution in [0.2, 0.25) is 0 Å². The first kappa shape index (κ1) is 37.9. The van der Waals surface area contributed by atoms with Crippen molar-refractivity contribution in [3.63, 3.8) is 0 Å². The highest BCUT2D eigenvalue weighted by Gasteiger charge is 2.47. The molecule has 0 saturated carbocycles. The summed E-state index contributed by atoms with van der Waals surface area (Å²) in [4.78, 5) is 4.81. The number of benzene rings is 8. The van der Waals surface area contributed by atoms with E-state index in [1.165, 1.54) is 44.5 Å². The van der Waals surface area contributed by atoms with Crippen molar-refractivity contribution in [1.82, 2.24) is 0 Å². The van der Waals surface area contributed by atoms with Crippen molar-refractivity contribution in [2.24, 2.45) is 0 Å². The maximum absolute atomic E-state index is 2.46. The van der Waals surface area contributed by atoms with Crippen molar-refractivity contribution >= 4 is 34.1 Å². The number of fused-ring (bicyclic) bond motifs is 3. The van der Waals surface area contributed by atoms with Gasteiger partial charge in [0.05, 0.1) is 5.41 Å². The van der Waals surface area contributed by atoms with Crippen LogP contribution in [-0.2, 0) is 16.2 Å². The lowest BCUT2D eigenvalue weighted by atomic mass is 9.67. The van der Waals surface area contributed by atoms with Crippen molar-refractivity contribution in [2.45, 2.75) is 57.8 Å². The number of anilines is 6. The maximum Gasteiger partial charge on any atom is 0.0715 e. The van der Waals surface area contributed by atoms with Gasteiger partial charge in [-0.3, -0.25) is 0 Å². The zero-order valence-corrected chi connectivity index (χ0v) is 35.0. The Kier molecular flexibility index (Phi) is 9.60. The lowest BCUT2D eigenvalue weighted by Crippen LogP contribution is -2.29. The first-order valence-electron chi connectivity index (χ1n) is 20.9. The molecule has 0 heterocycles. The van der Waals surface area contributed by atoms with Crippen LogP contribution in [0.5, 0.6) is 0 Å². The third kappa shape index (κ3) is 6.83. The van der Waals surface area contributed by atoms with Gasteiger partial charge in [-0.2, -0.15) is 0 Å². The van der Waals surface area contributed by atoms with Gasteiger partial charge in [-0.15, -0.1) is 0 Å².